The summed E-state index contributed by atoms with van der Waals surface area (Å²) in [4.78, 5) is 2.29. The fraction of sp³-hybridized carbons (Fsp3) is 0.538. The topological polar surface area (TPSA) is 55.7 Å². The molecule has 1 heterocycles. The van der Waals surface area contributed by atoms with Crippen LogP contribution in [0.4, 0.5) is 0 Å². The van der Waals surface area contributed by atoms with Crippen LogP contribution in [0.25, 0.3) is 0 Å². The van der Waals surface area contributed by atoms with Gasteiger partial charge in [-0.2, -0.15) is 0 Å². The first-order valence-corrected chi connectivity index (χ1v) is 6.16. The van der Waals surface area contributed by atoms with Crippen molar-refractivity contribution < 1.29 is 10.2 Å². The molecule has 0 bridgehead atoms. The first-order valence-electron chi connectivity index (χ1n) is 6.16. The van der Waals surface area contributed by atoms with Gasteiger partial charge in [0.15, 0.2) is 0 Å². The molecule has 2 rings (SSSR count). The minimum atomic E-state index is 0.0381. The maximum atomic E-state index is 9.86. The summed E-state index contributed by atoms with van der Waals surface area (Å²) in [5, 5.41) is 23.1. The SMILES string of the molecule is CC(c1c(O)cccc1O)N1CCCNCC1. The van der Waals surface area contributed by atoms with E-state index < -0.39 is 0 Å². The maximum absolute atomic E-state index is 9.86. The number of aromatic hydroxyl groups is 2. The minimum Gasteiger partial charge on any atom is -0.507 e. The molecule has 1 aliphatic heterocycles. The molecule has 3 N–H and O–H groups in total. The molecule has 1 unspecified atom stereocenters. The normalized spacial score (nSPS) is 19.8. The van der Waals surface area contributed by atoms with Crippen LogP contribution < -0.4 is 5.32 Å². The Morgan fingerprint density at radius 1 is 1.18 bits per heavy atom. The van der Waals surface area contributed by atoms with Crippen molar-refractivity contribution in [1.29, 1.82) is 0 Å². The summed E-state index contributed by atoms with van der Waals surface area (Å²) in [5.41, 5.74) is 0.634. The lowest BCUT2D eigenvalue weighted by atomic mass is 10.0. The average Bonchev–Trinajstić information content (AvgIpc) is 2.57. The standard InChI is InChI=1S/C13H20N2O2/c1-10(15-8-3-6-14-7-9-15)13-11(16)4-2-5-12(13)17/h2,4-5,10,14,16-17H,3,6-9H2,1H3. The highest BCUT2D eigenvalue weighted by Gasteiger charge is 2.22. The molecule has 0 amide bonds. The molecule has 0 aromatic heterocycles. The van der Waals surface area contributed by atoms with E-state index in [0.717, 1.165) is 32.6 Å². The van der Waals surface area contributed by atoms with Crippen molar-refractivity contribution in [2.75, 3.05) is 26.2 Å². The van der Waals surface area contributed by atoms with Crippen LogP contribution in [0.3, 0.4) is 0 Å². The lowest BCUT2D eigenvalue weighted by Gasteiger charge is -2.28. The Kier molecular flexibility index (Phi) is 3.86. The van der Waals surface area contributed by atoms with Crippen LogP contribution in [0.1, 0.15) is 24.9 Å². The smallest absolute Gasteiger partial charge is 0.124 e. The third kappa shape index (κ3) is 2.70. The number of hydrogen-bond donors (Lipinski definition) is 3. The van der Waals surface area contributed by atoms with E-state index in [2.05, 4.69) is 10.2 Å². The lowest BCUT2D eigenvalue weighted by Crippen LogP contribution is -2.30. The van der Waals surface area contributed by atoms with Crippen molar-refractivity contribution >= 4 is 0 Å². The Hall–Kier alpha value is -1.26. The van der Waals surface area contributed by atoms with Crippen LogP contribution in [-0.4, -0.2) is 41.3 Å². The van der Waals surface area contributed by atoms with E-state index in [4.69, 9.17) is 0 Å². The molecule has 0 saturated carbocycles. The van der Waals surface area contributed by atoms with Crippen molar-refractivity contribution in [3.8, 4) is 11.5 Å². The van der Waals surface area contributed by atoms with E-state index >= 15 is 0 Å². The van der Waals surface area contributed by atoms with Crippen LogP contribution in [0.5, 0.6) is 11.5 Å². The predicted molar refractivity (Wildman–Crippen MR) is 67.2 cm³/mol. The van der Waals surface area contributed by atoms with E-state index in [0.29, 0.717) is 5.56 Å². The molecule has 1 aliphatic rings. The van der Waals surface area contributed by atoms with Crippen LogP contribution >= 0.6 is 0 Å². The van der Waals surface area contributed by atoms with Crippen molar-refractivity contribution in [2.24, 2.45) is 0 Å². The third-order valence-electron chi connectivity index (χ3n) is 3.40. The van der Waals surface area contributed by atoms with Gasteiger partial charge < -0.3 is 15.5 Å². The Labute approximate surface area is 102 Å². The predicted octanol–water partition coefficient (Wildman–Crippen LogP) is 1.45. The molecular weight excluding hydrogens is 216 g/mol. The van der Waals surface area contributed by atoms with Gasteiger partial charge in [-0.15, -0.1) is 0 Å². The van der Waals surface area contributed by atoms with E-state index in [1.165, 1.54) is 0 Å². The van der Waals surface area contributed by atoms with E-state index in [1.54, 1.807) is 18.2 Å². The van der Waals surface area contributed by atoms with E-state index in [9.17, 15) is 10.2 Å². The van der Waals surface area contributed by atoms with Gasteiger partial charge in [0.1, 0.15) is 11.5 Å². The van der Waals surface area contributed by atoms with Crippen molar-refractivity contribution in [2.45, 2.75) is 19.4 Å². The summed E-state index contributed by atoms with van der Waals surface area (Å²) in [6, 6.07) is 4.95. The zero-order valence-electron chi connectivity index (χ0n) is 10.2. The molecule has 1 aromatic carbocycles. The summed E-state index contributed by atoms with van der Waals surface area (Å²) >= 11 is 0. The van der Waals surface area contributed by atoms with Gasteiger partial charge in [0.25, 0.3) is 0 Å². The maximum Gasteiger partial charge on any atom is 0.124 e. The lowest BCUT2D eigenvalue weighted by molar-refractivity contribution is 0.217. The number of hydrogen-bond acceptors (Lipinski definition) is 4. The highest BCUT2D eigenvalue weighted by atomic mass is 16.3. The summed E-state index contributed by atoms with van der Waals surface area (Å²) < 4.78 is 0. The molecule has 17 heavy (non-hydrogen) atoms. The molecular formula is C13H20N2O2. The number of nitrogens with zero attached hydrogens (tertiary/aromatic N) is 1. The molecule has 94 valence electrons. The quantitative estimate of drug-likeness (QED) is 0.727. The van der Waals surface area contributed by atoms with Gasteiger partial charge in [-0.25, -0.2) is 0 Å². The molecule has 0 aliphatic carbocycles. The van der Waals surface area contributed by atoms with Gasteiger partial charge in [0, 0.05) is 25.7 Å². The van der Waals surface area contributed by atoms with E-state index in [-0.39, 0.29) is 17.5 Å². The molecule has 0 spiro atoms. The largest absolute Gasteiger partial charge is 0.507 e. The second-order valence-corrected chi connectivity index (χ2v) is 4.53. The van der Waals surface area contributed by atoms with Crippen LogP contribution in [-0.2, 0) is 0 Å². The second-order valence-electron chi connectivity index (χ2n) is 4.53. The highest BCUT2D eigenvalue weighted by molar-refractivity contribution is 5.44. The van der Waals surface area contributed by atoms with Gasteiger partial charge in [-0.05, 0) is 32.0 Å². The van der Waals surface area contributed by atoms with Gasteiger partial charge in [0.2, 0.25) is 0 Å². The Balaban J connectivity index is 2.20. The third-order valence-corrected chi connectivity index (χ3v) is 3.40. The van der Waals surface area contributed by atoms with Crippen molar-refractivity contribution in [3.63, 3.8) is 0 Å². The Morgan fingerprint density at radius 3 is 2.59 bits per heavy atom. The summed E-state index contributed by atoms with van der Waals surface area (Å²) in [5.74, 6) is 0.351. The van der Waals surface area contributed by atoms with Crippen molar-refractivity contribution in [1.82, 2.24) is 10.2 Å². The molecule has 1 fully saturated rings. The molecule has 0 radical (unpaired) electrons. The summed E-state index contributed by atoms with van der Waals surface area (Å²) in [7, 11) is 0. The minimum absolute atomic E-state index is 0.0381. The molecule has 1 atom stereocenters. The van der Waals surface area contributed by atoms with E-state index in [1.807, 2.05) is 6.92 Å². The zero-order valence-corrected chi connectivity index (χ0v) is 10.2. The fourth-order valence-corrected chi connectivity index (χ4v) is 2.41. The van der Waals surface area contributed by atoms with Gasteiger partial charge in [-0.1, -0.05) is 6.07 Å². The molecule has 4 heteroatoms. The second kappa shape index (κ2) is 5.38. The van der Waals surface area contributed by atoms with Crippen LogP contribution in [0.2, 0.25) is 0 Å². The number of phenols is 2. The van der Waals surface area contributed by atoms with Crippen LogP contribution in [0.15, 0.2) is 18.2 Å². The summed E-state index contributed by atoms with van der Waals surface area (Å²) in [6.45, 7) is 5.95. The number of benzene rings is 1. The molecule has 4 nitrogen and oxygen atoms in total. The van der Waals surface area contributed by atoms with Gasteiger partial charge >= 0.3 is 0 Å². The van der Waals surface area contributed by atoms with Crippen LogP contribution in [0, 0.1) is 0 Å². The van der Waals surface area contributed by atoms with Crippen molar-refractivity contribution in [3.05, 3.63) is 23.8 Å². The molecule has 1 saturated heterocycles. The number of phenolic OH excluding ortho intramolecular Hbond substituents is 2. The average molecular weight is 236 g/mol. The number of rotatable bonds is 2. The molecule has 1 aromatic rings. The van der Waals surface area contributed by atoms with Gasteiger partial charge in [0.05, 0.1) is 5.56 Å². The highest BCUT2D eigenvalue weighted by Crippen LogP contribution is 2.35. The monoisotopic (exact) mass is 236 g/mol. The van der Waals surface area contributed by atoms with Gasteiger partial charge in [-0.3, -0.25) is 4.90 Å². The first kappa shape index (κ1) is 12.2. The number of nitrogens with one attached hydrogen (secondary N) is 1. The Morgan fingerprint density at radius 2 is 1.88 bits per heavy atom. The summed E-state index contributed by atoms with van der Waals surface area (Å²) in [6.07, 6.45) is 1.10. The Bertz CT molecular complexity index is 353. The zero-order chi connectivity index (χ0) is 12.3. The first-order chi connectivity index (χ1) is 8.20. The fourth-order valence-electron chi connectivity index (χ4n) is 2.41.